The lowest BCUT2D eigenvalue weighted by Gasteiger charge is -1.78. The van der Waals surface area contributed by atoms with E-state index in [1.54, 1.807) is 24.0 Å². The number of nitriles is 1. The van der Waals surface area contributed by atoms with E-state index in [2.05, 4.69) is 5.10 Å². The number of rotatable bonds is 0. The maximum Gasteiger partial charge on any atom is 0.162 e. The third-order valence-corrected chi connectivity index (χ3v) is 0.828. The summed E-state index contributed by atoms with van der Waals surface area (Å²) in [7, 11) is 1.78. The highest BCUT2D eigenvalue weighted by molar-refractivity contribution is 5.16. The van der Waals surface area contributed by atoms with Crippen LogP contribution in [-0.4, -0.2) is 9.78 Å². The van der Waals surface area contributed by atoms with Crippen LogP contribution in [0.4, 0.5) is 0 Å². The molecule has 3 heteroatoms. The molecule has 0 aliphatic carbocycles. The molecule has 1 aromatic rings. The molecule has 0 saturated heterocycles. The summed E-state index contributed by atoms with van der Waals surface area (Å²) < 4.78 is 1.60. The number of nitrogens with zero attached hydrogens (tertiary/aromatic N) is 3. The average molecular weight is 107 g/mol. The van der Waals surface area contributed by atoms with E-state index in [9.17, 15) is 0 Å². The summed E-state index contributed by atoms with van der Waals surface area (Å²) in [5.41, 5.74) is 0.465. The Morgan fingerprint density at radius 1 is 1.88 bits per heavy atom. The Bertz CT molecular complexity index is 218. The lowest BCUT2D eigenvalue weighted by molar-refractivity contribution is 0.763. The van der Waals surface area contributed by atoms with Crippen LogP contribution in [0.25, 0.3) is 0 Å². The molecule has 0 fully saturated rings. The molecule has 0 aliphatic heterocycles. The van der Waals surface area contributed by atoms with Crippen LogP contribution in [0, 0.1) is 11.3 Å². The van der Waals surface area contributed by atoms with Gasteiger partial charge >= 0.3 is 0 Å². The topological polar surface area (TPSA) is 41.6 Å². The van der Waals surface area contributed by atoms with Gasteiger partial charge < -0.3 is 0 Å². The zero-order valence-corrected chi connectivity index (χ0v) is 4.50. The van der Waals surface area contributed by atoms with Crippen molar-refractivity contribution in [1.29, 1.82) is 5.26 Å². The zero-order chi connectivity index (χ0) is 5.98. The largest absolute Gasteiger partial charge is 0.274 e. The SMILES string of the molecule is Cn1ccc(C#N)n1. The van der Waals surface area contributed by atoms with Gasteiger partial charge in [-0.15, -0.1) is 0 Å². The van der Waals surface area contributed by atoms with E-state index in [1.807, 2.05) is 6.07 Å². The first-order valence-electron chi connectivity index (χ1n) is 2.22. The van der Waals surface area contributed by atoms with Gasteiger partial charge in [-0.3, -0.25) is 4.68 Å². The number of hydrogen-bond donors (Lipinski definition) is 0. The normalized spacial score (nSPS) is 8.50. The first-order chi connectivity index (χ1) is 3.83. The molecule has 0 bridgehead atoms. The molecule has 3 nitrogen and oxygen atoms in total. The summed E-state index contributed by atoms with van der Waals surface area (Å²) in [5.74, 6) is 0. The monoisotopic (exact) mass is 107 g/mol. The fourth-order valence-electron chi connectivity index (χ4n) is 0.475. The van der Waals surface area contributed by atoms with Gasteiger partial charge in [0.1, 0.15) is 6.07 Å². The molecule has 0 atom stereocenters. The van der Waals surface area contributed by atoms with E-state index < -0.39 is 0 Å². The summed E-state index contributed by atoms with van der Waals surface area (Å²) in [6.07, 6.45) is 1.73. The smallest absolute Gasteiger partial charge is 0.162 e. The minimum Gasteiger partial charge on any atom is -0.274 e. The summed E-state index contributed by atoms with van der Waals surface area (Å²) in [4.78, 5) is 0. The van der Waals surface area contributed by atoms with Crippen LogP contribution in [0.1, 0.15) is 5.69 Å². The molecule has 1 rings (SSSR count). The van der Waals surface area contributed by atoms with Crippen LogP contribution < -0.4 is 0 Å². The van der Waals surface area contributed by atoms with Crippen molar-refractivity contribution < 1.29 is 0 Å². The van der Waals surface area contributed by atoms with E-state index in [4.69, 9.17) is 5.26 Å². The van der Waals surface area contributed by atoms with Crippen LogP contribution in [0.2, 0.25) is 0 Å². The highest BCUT2D eigenvalue weighted by Crippen LogP contribution is 1.87. The maximum absolute atomic E-state index is 8.23. The first kappa shape index (κ1) is 4.85. The Morgan fingerprint density at radius 2 is 2.62 bits per heavy atom. The van der Waals surface area contributed by atoms with Gasteiger partial charge in [0.15, 0.2) is 5.69 Å². The van der Waals surface area contributed by atoms with Crippen LogP contribution in [0.15, 0.2) is 12.3 Å². The Labute approximate surface area is 47.2 Å². The third kappa shape index (κ3) is 0.684. The van der Waals surface area contributed by atoms with Crippen molar-refractivity contribution in [2.45, 2.75) is 0 Å². The van der Waals surface area contributed by atoms with Gasteiger partial charge in [-0.2, -0.15) is 10.4 Å². The Hall–Kier alpha value is -1.30. The van der Waals surface area contributed by atoms with Crippen LogP contribution >= 0.6 is 0 Å². The molecule has 8 heavy (non-hydrogen) atoms. The fourth-order valence-corrected chi connectivity index (χ4v) is 0.475. The summed E-state index contributed by atoms with van der Waals surface area (Å²) in [5, 5.41) is 12.0. The van der Waals surface area contributed by atoms with Crippen molar-refractivity contribution >= 4 is 0 Å². The minimum absolute atomic E-state index is 0.465. The predicted molar refractivity (Wildman–Crippen MR) is 27.9 cm³/mol. The van der Waals surface area contributed by atoms with E-state index in [-0.39, 0.29) is 0 Å². The maximum atomic E-state index is 8.23. The molecule has 0 spiro atoms. The highest BCUT2D eigenvalue weighted by Gasteiger charge is 1.88. The van der Waals surface area contributed by atoms with Crippen molar-refractivity contribution in [3.8, 4) is 6.07 Å². The lowest BCUT2D eigenvalue weighted by atomic mass is 10.5. The quantitative estimate of drug-likeness (QED) is 0.478. The highest BCUT2D eigenvalue weighted by atomic mass is 15.2. The molecule has 0 unspecified atom stereocenters. The van der Waals surface area contributed by atoms with Crippen LogP contribution in [0.3, 0.4) is 0 Å². The summed E-state index contributed by atoms with van der Waals surface area (Å²) in [6.45, 7) is 0. The molecular weight excluding hydrogens is 102 g/mol. The molecule has 0 saturated carbocycles. The molecule has 0 N–H and O–H groups in total. The van der Waals surface area contributed by atoms with Gasteiger partial charge in [0.05, 0.1) is 0 Å². The number of aryl methyl sites for hydroxylation is 1. The third-order valence-electron chi connectivity index (χ3n) is 0.828. The van der Waals surface area contributed by atoms with E-state index in [0.717, 1.165) is 0 Å². The zero-order valence-electron chi connectivity index (χ0n) is 4.50. The van der Waals surface area contributed by atoms with Crippen LogP contribution in [0.5, 0.6) is 0 Å². The van der Waals surface area contributed by atoms with Crippen molar-refractivity contribution in [3.05, 3.63) is 18.0 Å². The van der Waals surface area contributed by atoms with Gasteiger partial charge in [0.25, 0.3) is 0 Å². The van der Waals surface area contributed by atoms with Crippen molar-refractivity contribution in [1.82, 2.24) is 9.78 Å². The van der Waals surface area contributed by atoms with Gasteiger partial charge in [0.2, 0.25) is 0 Å². The Kier molecular flexibility index (Phi) is 1.01. The lowest BCUT2D eigenvalue weighted by Crippen LogP contribution is -1.86. The molecular formula is C5H5N3. The second-order valence-corrected chi connectivity index (χ2v) is 1.49. The van der Waals surface area contributed by atoms with Crippen LogP contribution in [-0.2, 0) is 7.05 Å². The van der Waals surface area contributed by atoms with E-state index in [1.165, 1.54) is 0 Å². The minimum atomic E-state index is 0.465. The number of aromatic nitrogens is 2. The summed E-state index contributed by atoms with van der Waals surface area (Å²) in [6, 6.07) is 3.58. The second-order valence-electron chi connectivity index (χ2n) is 1.49. The fraction of sp³-hybridized carbons (Fsp3) is 0.200. The molecule has 0 radical (unpaired) electrons. The number of hydrogen-bond acceptors (Lipinski definition) is 2. The van der Waals surface area contributed by atoms with E-state index >= 15 is 0 Å². The molecule has 1 aromatic heterocycles. The Morgan fingerprint density at radius 3 is 2.88 bits per heavy atom. The standard InChI is InChI=1S/C5H5N3/c1-8-3-2-5(4-6)7-8/h2-3H,1H3. The van der Waals surface area contributed by atoms with Crippen molar-refractivity contribution in [2.24, 2.45) is 7.05 Å². The van der Waals surface area contributed by atoms with Gasteiger partial charge in [0, 0.05) is 13.2 Å². The van der Waals surface area contributed by atoms with Gasteiger partial charge in [-0.1, -0.05) is 0 Å². The van der Waals surface area contributed by atoms with Gasteiger partial charge in [-0.05, 0) is 6.07 Å². The van der Waals surface area contributed by atoms with Gasteiger partial charge in [-0.25, -0.2) is 0 Å². The first-order valence-corrected chi connectivity index (χ1v) is 2.22. The van der Waals surface area contributed by atoms with E-state index in [0.29, 0.717) is 5.69 Å². The molecule has 0 aromatic carbocycles. The van der Waals surface area contributed by atoms with Crippen molar-refractivity contribution in [2.75, 3.05) is 0 Å². The molecule has 0 amide bonds. The average Bonchev–Trinajstić information content (AvgIpc) is 2.14. The second kappa shape index (κ2) is 1.66. The molecule has 1 heterocycles. The Balaban J connectivity index is 3.05. The predicted octanol–water partition coefficient (Wildman–Crippen LogP) is 0.292. The summed E-state index contributed by atoms with van der Waals surface area (Å²) >= 11 is 0. The van der Waals surface area contributed by atoms with Crippen molar-refractivity contribution in [3.63, 3.8) is 0 Å². The molecule has 40 valence electrons. The molecule has 0 aliphatic rings.